The number of carbonyl (C=O) groups is 1. The summed E-state index contributed by atoms with van der Waals surface area (Å²) in [6, 6.07) is 18.4. The van der Waals surface area contributed by atoms with Crippen LogP contribution in [0.4, 0.5) is 13.2 Å². The van der Waals surface area contributed by atoms with Crippen molar-refractivity contribution >= 4 is 17.7 Å². The summed E-state index contributed by atoms with van der Waals surface area (Å²) in [5, 5.41) is 8.69. The van der Waals surface area contributed by atoms with Gasteiger partial charge in [-0.15, -0.1) is 11.8 Å². The molecule has 1 N–H and O–H groups in total. The van der Waals surface area contributed by atoms with Crippen molar-refractivity contribution in [3.05, 3.63) is 83.4 Å². The number of benzene rings is 3. The van der Waals surface area contributed by atoms with Crippen LogP contribution in [0.25, 0.3) is 11.1 Å². The summed E-state index contributed by atoms with van der Waals surface area (Å²) in [6.07, 6.45) is -4.33. The fourth-order valence-corrected chi connectivity index (χ4v) is 3.78. The predicted octanol–water partition coefficient (Wildman–Crippen LogP) is 6.44. The molecule has 0 aliphatic carbocycles. The highest BCUT2D eigenvalue weighted by Gasteiger charge is 2.29. The zero-order valence-corrected chi connectivity index (χ0v) is 16.9. The second kappa shape index (κ2) is 9.26. The van der Waals surface area contributed by atoms with Gasteiger partial charge in [0.25, 0.3) is 0 Å². The van der Waals surface area contributed by atoms with E-state index in [4.69, 9.17) is 9.84 Å². The highest BCUT2D eigenvalue weighted by molar-refractivity contribution is 7.98. The molecule has 30 heavy (non-hydrogen) atoms. The van der Waals surface area contributed by atoms with Crippen LogP contribution in [-0.4, -0.2) is 17.7 Å². The highest BCUT2D eigenvalue weighted by atomic mass is 32.2. The van der Waals surface area contributed by atoms with Crippen molar-refractivity contribution in [3.8, 4) is 16.9 Å². The van der Waals surface area contributed by atoms with E-state index in [9.17, 15) is 18.0 Å². The van der Waals surface area contributed by atoms with Crippen molar-refractivity contribution in [3.63, 3.8) is 0 Å². The van der Waals surface area contributed by atoms with Gasteiger partial charge in [0.1, 0.15) is 5.75 Å². The summed E-state index contributed by atoms with van der Waals surface area (Å²) in [4.78, 5) is 11.6. The molecule has 3 nitrogen and oxygen atoms in total. The number of aryl methyl sites for hydroxylation is 1. The van der Waals surface area contributed by atoms with Gasteiger partial charge in [0.2, 0.25) is 0 Å². The second-order valence-electron chi connectivity index (χ2n) is 6.67. The Bertz CT molecular complexity index is 1010. The maximum Gasteiger partial charge on any atom is 0.416 e. The molecule has 3 rings (SSSR count). The lowest BCUT2D eigenvalue weighted by atomic mass is 10.0. The van der Waals surface area contributed by atoms with Gasteiger partial charge in [0.05, 0.1) is 5.56 Å². The van der Waals surface area contributed by atoms with Crippen LogP contribution in [0.2, 0.25) is 0 Å². The van der Waals surface area contributed by atoms with Gasteiger partial charge in [-0.1, -0.05) is 36.4 Å². The third-order valence-electron chi connectivity index (χ3n) is 4.40. The van der Waals surface area contributed by atoms with Gasteiger partial charge in [-0.25, -0.2) is 4.79 Å². The van der Waals surface area contributed by atoms with Crippen LogP contribution in [0.1, 0.15) is 16.7 Å². The summed E-state index contributed by atoms with van der Waals surface area (Å²) < 4.78 is 43.3. The lowest BCUT2D eigenvalue weighted by Gasteiger charge is -2.10. The number of alkyl halides is 3. The van der Waals surface area contributed by atoms with Crippen LogP contribution in [0.15, 0.2) is 71.6 Å². The van der Waals surface area contributed by atoms with E-state index in [1.54, 1.807) is 17.8 Å². The SMILES string of the molecule is Cc1cc(SCc2ccc(-c3ccc(C(F)(F)F)cc3)cc2)ccc1OCC(=O)O. The average Bonchev–Trinajstić information content (AvgIpc) is 2.71. The Hall–Kier alpha value is -2.93. The lowest BCUT2D eigenvalue weighted by Crippen LogP contribution is -2.09. The third kappa shape index (κ3) is 5.79. The van der Waals surface area contributed by atoms with Gasteiger partial charge in [-0.2, -0.15) is 13.2 Å². The molecule has 156 valence electrons. The Morgan fingerprint density at radius 3 is 2.10 bits per heavy atom. The van der Waals surface area contributed by atoms with Crippen LogP contribution in [0.5, 0.6) is 5.75 Å². The molecule has 0 atom stereocenters. The highest BCUT2D eigenvalue weighted by Crippen LogP contribution is 2.32. The van der Waals surface area contributed by atoms with Crippen molar-refractivity contribution in [2.45, 2.75) is 23.7 Å². The predicted molar refractivity (Wildman–Crippen MR) is 111 cm³/mol. The Balaban J connectivity index is 1.61. The lowest BCUT2D eigenvalue weighted by molar-refractivity contribution is -0.139. The van der Waals surface area contributed by atoms with Gasteiger partial charge < -0.3 is 9.84 Å². The van der Waals surface area contributed by atoms with Crippen LogP contribution >= 0.6 is 11.8 Å². The molecule has 0 heterocycles. The maximum atomic E-state index is 12.7. The molecular weight excluding hydrogens is 413 g/mol. The molecular formula is C23H19F3O3S. The number of rotatable bonds is 7. The van der Waals surface area contributed by atoms with E-state index in [-0.39, 0.29) is 6.61 Å². The molecule has 0 fully saturated rings. The summed E-state index contributed by atoms with van der Waals surface area (Å²) >= 11 is 1.63. The number of thioether (sulfide) groups is 1. The molecule has 0 aliphatic rings. The van der Waals surface area contributed by atoms with Crippen LogP contribution in [0.3, 0.4) is 0 Å². The molecule has 0 unspecified atom stereocenters. The van der Waals surface area contributed by atoms with Gasteiger partial charge >= 0.3 is 12.1 Å². The zero-order valence-electron chi connectivity index (χ0n) is 16.1. The summed E-state index contributed by atoms with van der Waals surface area (Å²) in [7, 11) is 0. The van der Waals surface area contributed by atoms with Gasteiger partial charge in [0, 0.05) is 10.6 Å². The van der Waals surface area contributed by atoms with Gasteiger partial charge in [0.15, 0.2) is 6.61 Å². The van der Waals surface area contributed by atoms with Gasteiger partial charge in [-0.05, 0) is 59.5 Å². The van der Waals surface area contributed by atoms with Crippen LogP contribution in [-0.2, 0) is 16.7 Å². The Morgan fingerprint density at radius 1 is 0.967 bits per heavy atom. The number of hydrogen-bond acceptors (Lipinski definition) is 3. The topological polar surface area (TPSA) is 46.5 Å². The van der Waals surface area contributed by atoms with E-state index in [0.717, 1.165) is 45.0 Å². The number of carboxylic acid groups (broad SMARTS) is 1. The fraction of sp³-hybridized carbons (Fsp3) is 0.174. The smallest absolute Gasteiger partial charge is 0.416 e. The average molecular weight is 432 g/mol. The molecule has 7 heteroatoms. The number of ether oxygens (including phenoxy) is 1. The number of aliphatic carboxylic acids is 1. The minimum Gasteiger partial charge on any atom is -0.482 e. The number of halogens is 3. The normalized spacial score (nSPS) is 11.3. The minimum atomic E-state index is -4.33. The van der Waals surface area contributed by atoms with Crippen molar-refractivity contribution in [2.75, 3.05) is 6.61 Å². The van der Waals surface area contributed by atoms with Crippen molar-refractivity contribution in [1.82, 2.24) is 0 Å². The molecule has 0 saturated carbocycles. The molecule has 0 amide bonds. The summed E-state index contributed by atoms with van der Waals surface area (Å²) in [5.74, 6) is 0.248. The molecule has 0 bridgehead atoms. The van der Waals surface area contributed by atoms with E-state index >= 15 is 0 Å². The van der Waals surface area contributed by atoms with E-state index < -0.39 is 17.7 Å². The van der Waals surface area contributed by atoms with Crippen molar-refractivity contribution in [2.24, 2.45) is 0 Å². The molecule has 3 aromatic carbocycles. The quantitative estimate of drug-likeness (QED) is 0.437. The van der Waals surface area contributed by atoms with E-state index in [1.165, 1.54) is 12.1 Å². The largest absolute Gasteiger partial charge is 0.482 e. The minimum absolute atomic E-state index is 0.376. The van der Waals surface area contributed by atoms with Crippen LogP contribution in [0, 0.1) is 6.92 Å². The number of hydrogen-bond donors (Lipinski definition) is 1. The molecule has 0 aromatic heterocycles. The van der Waals surface area contributed by atoms with Gasteiger partial charge in [-0.3, -0.25) is 0 Å². The first-order valence-electron chi connectivity index (χ1n) is 9.07. The zero-order chi connectivity index (χ0) is 21.7. The van der Waals surface area contributed by atoms with E-state index in [2.05, 4.69) is 0 Å². The first kappa shape index (κ1) is 21.8. The molecule has 0 saturated heterocycles. The second-order valence-corrected chi connectivity index (χ2v) is 7.72. The van der Waals surface area contributed by atoms with Crippen molar-refractivity contribution < 1.29 is 27.8 Å². The Morgan fingerprint density at radius 2 is 1.57 bits per heavy atom. The molecule has 0 spiro atoms. The standard InChI is InChI=1S/C23H19F3O3S/c1-15-12-20(10-11-21(15)29-13-22(27)28)30-14-16-2-4-17(5-3-16)18-6-8-19(9-7-18)23(24,25)26/h2-12H,13-14H2,1H3,(H,27,28). The molecule has 0 aliphatic heterocycles. The third-order valence-corrected chi connectivity index (χ3v) is 5.47. The summed E-state index contributed by atoms with van der Waals surface area (Å²) in [5.41, 5.74) is 2.87. The fourth-order valence-electron chi connectivity index (χ4n) is 2.82. The van der Waals surface area contributed by atoms with E-state index in [1.807, 2.05) is 43.3 Å². The molecule has 3 aromatic rings. The maximum absolute atomic E-state index is 12.7. The Labute approximate surface area is 176 Å². The van der Waals surface area contributed by atoms with Crippen molar-refractivity contribution in [1.29, 1.82) is 0 Å². The van der Waals surface area contributed by atoms with Crippen LogP contribution < -0.4 is 4.74 Å². The first-order chi connectivity index (χ1) is 14.2. The first-order valence-corrected chi connectivity index (χ1v) is 10.1. The Kier molecular flexibility index (Phi) is 6.72. The summed E-state index contributed by atoms with van der Waals surface area (Å²) in [6.45, 7) is 1.48. The number of carboxylic acids is 1. The monoisotopic (exact) mass is 432 g/mol. The molecule has 0 radical (unpaired) electrons. The van der Waals surface area contributed by atoms with E-state index in [0.29, 0.717) is 5.75 Å².